The van der Waals surface area contributed by atoms with Crippen LogP contribution in [0.3, 0.4) is 0 Å². The molecule has 0 aromatic heterocycles. The molecule has 0 spiro atoms. The number of benzene rings is 2. The van der Waals surface area contributed by atoms with Gasteiger partial charge in [-0.1, -0.05) is 60.7 Å². The minimum absolute atomic E-state index is 0.0781. The van der Waals surface area contributed by atoms with Crippen molar-refractivity contribution in [2.45, 2.75) is 17.9 Å². The molecule has 1 atom stereocenters. The highest BCUT2D eigenvalue weighted by atomic mass is 32.2. The molecule has 0 aliphatic carbocycles. The van der Waals surface area contributed by atoms with Crippen molar-refractivity contribution >= 4 is 23.6 Å². The van der Waals surface area contributed by atoms with Gasteiger partial charge in [-0.3, -0.25) is 9.69 Å². The molecule has 1 amide bonds. The summed E-state index contributed by atoms with van der Waals surface area (Å²) in [5.74, 6) is -0.420. The molecular weight excluding hydrogens is 365 g/mol. The number of hydrogen-bond donors (Lipinski definition) is 0. The van der Waals surface area contributed by atoms with Crippen molar-refractivity contribution in [3.05, 3.63) is 83.1 Å². The topological polar surface area (TPSA) is 46.6 Å². The lowest BCUT2D eigenvalue weighted by Gasteiger charge is -2.44. The van der Waals surface area contributed by atoms with E-state index in [1.807, 2.05) is 60.7 Å². The van der Waals surface area contributed by atoms with Crippen LogP contribution in [-0.2, 0) is 14.3 Å². The zero-order valence-corrected chi connectivity index (χ0v) is 15.3. The van der Waals surface area contributed by atoms with Crippen molar-refractivity contribution in [1.82, 2.24) is 4.90 Å². The van der Waals surface area contributed by atoms with Gasteiger partial charge >= 0.3 is 5.97 Å². The SMILES string of the molecule is O=C(OC(c1ccccc1)c1ccccc1)C1=C(CF)CS[C@H]2CC(=O)N12. The molecule has 0 N–H and O–H groups in total. The van der Waals surface area contributed by atoms with Gasteiger partial charge in [-0.15, -0.1) is 11.8 Å². The molecule has 2 heterocycles. The van der Waals surface area contributed by atoms with Crippen LogP contribution < -0.4 is 0 Å². The Bertz CT molecular complexity index is 845. The Morgan fingerprint density at radius 1 is 1.11 bits per heavy atom. The lowest BCUT2D eigenvalue weighted by molar-refractivity contribution is -0.151. The van der Waals surface area contributed by atoms with Crippen molar-refractivity contribution in [1.29, 1.82) is 0 Å². The van der Waals surface area contributed by atoms with Crippen molar-refractivity contribution in [3.63, 3.8) is 0 Å². The summed E-state index contributed by atoms with van der Waals surface area (Å²) in [5.41, 5.74) is 2.02. The fourth-order valence-corrected chi connectivity index (χ4v) is 4.56. The third-order valence-corrected chi connectivity index (χ3v) is 5.99. The second-order valence-corrected chi connectivity index (χ2v) is 7.59. The number of thioether (sulfide) groups is 1. The number of alkyl halides is 1. The first kappa shape index (κ1) is 17.8. The number of carbonyl (C=O) groups excluding carboxylic acids is 2. The van der Waals surface area contributed by atoms with E-state index in [0.29, 0.717) is 17.7 Å². The molecule has 2 aromatic carbocycles. The highest BCUT2D eigenvalue weighted by Crippen LogP contribution is 2.41. The van der Waals surface area contributed by atoms with Crippen molar-refractivity contribution < 1.29 is 18.7 Å². The van der Waals surface area contributed by atoms with E-state index in [1.54, 1.807) is 0 Å². The number of hydrogen-bond acceptors (Lipinski definition) is 4. The van der Waals surface area contributed by atoms with E-state index in [2.05, 4.69) is 0 Å². The van der Waals surface area contributed by atoms with Crippen molar-refractivity contribution in [3.8, 4) is 0 Å². The predicted octanol–water partition coefficient (Wildman–Crippen LogP) is 3.85. The molecule has 0 radical (unpaired) electrons. The lowest BCUT2D eigenvalue weighted by atomic mass is 10.0. The van der Waals surface area contributed by atoms with Crippen LogP contribution in [0.2, 0.25) is 0 Å². The summed E-state index contributed by atoms with van der Waals surface area (Å²) in [6.45, 7) is -0.769. The smallest absolute Gasteiger partial charge is 0.356 e. The minimum Gasteiger partial charge on any atom is -0.448 e. The molecule has 4 nitrogen and oxygen atoms in total. The fraction of sp³-hybridized carbons (Fsp3) is 0.238. The van der Waals surface area contributed by atoms with E-state index < -0.39 is 18.7 Å². The van der Waals surface area contributed by atoms with Crippen molar-refractivity contribution in [2.75, 3.05) is 12.4 Å². The molecule has 1 saturated heterocycles. The average molecular weight is 383 g/mol. The zero-order chi connectivity index (χ0) is 18.8. The Kier molecular flexibility index (Phi) is 4.99. The minimum atomic E-state index is -0.769. The first-order valence-electron chi connectivity index (χ1n) is 8.71. The van der Waals surface area contributed by atoms with E-state index in [1.165, 1.54) is 16.7 Å². The first-order valence-corrected chi connectivity index (χ1v) is 9.76. The van der Waals surface area contributed by atoms with E-state index in [0.717, 1.165) is 11.1 Å². The number of esters is 1. The van der Waals surface area contributed by atoms with Crippen LogP contribution in [0.1, 0.15) is 23.7 Å². The summed E-state index contributed by atoms with van der Waals surface area (Å²) in [7, 11) is 0. The van der Waals surface area contributed by atoms with Crippen molar-refractivity contribution in [2.24, 2.45) is 0 Å². The van der Waals surface area contributed by atoms with Crippen LogP contribution in [0, 0.1) is 0 Å². The van der Waals surface area contributed by atoms with E-state index >= 15 is 0 Å². The number of nitrogens with zero attached hydrogens (tertiary/aromatic N) is 1. The molecule has 0 bridgehead atoms. The second-order valence-electron chi connectivity index (χ2n) is 6.43. The van der Waals surface area contributed by atoms with Crippen LogP contribution >= 0.6 is 11.8 Å². The summed E-state index contributed by atoms with van der Waals surface area (Å²) < 4.78 is 19.3. The molecule has 2 aliphatic rings. The van der Waals surface area contributed by atoms with E-state index in [-0.39, 0.29) is 17.0 Å². The van der Waals surface area contributed by atoms with Gasteiger partial charge in [-0.25, -0.2) is 9.18 Å². The van der Waals surface area contributed by atoms with Gasteiger partial charge in [0.05, 0.1) is 11.8 Å². The number of halogens is 1. The van der Waals surface area contributed by atoms with Gasteiger partial charge in [0.25, 0.3) is 0 Å². The molecule has 0 saturated carbocycles. The maximum atomic E-state index is 13.5. The summed E-state index contributed by atoms with van der Waals surface area (Å²) in [4.78, 5) is 26.4. The standard InChI is InChI=1S/C21H18FNO3S/c22-12-16-13-27-18-11-17(24)23(18)19(16)21(25)26-20(14-7-3-1-4-8-14)15-9-5-2-6-10-15/h1-10,18,20H,11-13H2/t18-/m0/s1. The van der Waals surface area contributed by atoms with Crippen LogP contribution in [0.15, 0.2) is 71.9 Å². The van der Waals surface area contributed by atoms with E-state index in [4.69, 9.17) is 4.74 Å². The number of ether oxygens (including phenoxy) is 1. The molecule has 27 heavy (non-hydrogen) atoms. The van der Waals surface area contributed by atoms with Gasteiger partial charge in [-0.05, 0) is 11.1 Å². The molecule has 138 valence electrons. The molecule has 0 unspecified atom stereocenters. The van der Waals surface area contributed by atoms with Gasteiger partial charge in [-0.2, -0.15) is 0 Å². The largest absolute Gasteiger partial charge is 0.448 e. The molecule has 1 fully saturated rings. The average Bonchev–Trinajstić information content (AvgIpc) is 2.71. The second kappa shape index (κ2) is 7.56. The monoisotopic (exact) mass is 383 g/mol. The normalized spacial score (nSPS) is 19.0. The third kappa shape index (κ3) is 3.37. The molecule has 4 rings (SSSR count). The quantitative estimate of drug-likeness (QED) is 0.581. The summed E-state index contributed by atoms with van der Waals surface area (Å²) in [6, 6.07) is 18.8. The predicted molar refractivity (Wildman–Crippen MR) is 102 cm³/mol. The highest BCUT2D eigenvalue weighted by molar-refractivity contribution is 8.00. The molecular formula is C21H18FNO3S. The van der Waals surface area contributed by atoms with Crippen LogP contribution in [0.25, 0.3) is 0 Å². The van der Waals surface area contributed by atoms with Gasteiger partial charge < -0.3 is 4.74 Å². The zero-order valence-electron chi connectivity index (χ0n) is 14.5. The van der Waals surface area contributed by atoms with Gasteiger partial charge in [0.2, 0.25) is 5.91 Å². The van der Waals surface area contributed by atoms with E-state index in [9.17, 15) is 14.0 Å². The highest BCUT2D eigenvalue weighted by Gasteiger charge is 2.46. The number of amides is 1. The summed E-state index contributed by atoms with van der Waals surface area (Å²) in [5, 5.41) is -0.0951. The third-order valence-electron chi connectivity index (χ3n) is 4.72. The maximum absolute atomic E-state index is 13.5. The molecule has 2 aliphatic heterocycles. The molecule has 6 heteroatoms. The number of rotatable bonds is 5. The number of carbonyl (C=O) groups is 2. The van der Waals surface area contributed by atoms with Gasteiger partial charge in [0.1, 0.15) is 12.4 Å². The van der Waals surface area contributed by atoms with Crippen LogP contribution in [0.4, 0.5) is 4.39 Å². The molecule has 2 aromatic rings. The first-order chi connectivity index (χ1) is 13.2. The van der Waals surface area contributed by atoms with Crippen LogP contribution in [0.5, 0.6) is 0 Å². The Labute approximate surface area is 161 Å². The summed E-state index contributed by atoms with van der Waals surface area (Å²) >= 11 is 1.48. The Morgan fingerprint density at radius 3 is 2.22 bits per heavy atom. The Hall–Kier alpha value is -2.60. The Balaban J connectivity index is 1.67. The number of β-lactam (4-membered cyclic amide) rings is 1. The Morgan fingerprint density at radius 2 is 1.70 bits per heavy atom. The van der Waals surface area contributed by atoms with Crippen LogP contribution in [-0.4, -0.2) is 34.6 Å². The maximum Gasteiger partial charge on any atom is 0.356 e. The summed E-state index contributed by atoms with van der Waals surface area (Å²) in [6.07, 6.45) is -0.250. The van der Waals surface area contributed by atoms with Gasteiger partial charge in [0.15, 0.2) is 6.10 Å². The fourth-order valence-electron chi connectivity index (χ4n) is 3.32. The lowest BCUT2D eigenvalue weighted by Crippen LogP contribution is -2.54. The number of fused-ring (bicyclic) bond motifs is 1. The van der Waals surface area contributed by atoms with Gasteiger partial charge in [0, 0.05) is 11.3 Å².